The van der Waals surface area contributed by atoms with Crippen LogP contribution in [0.3, 0.4) is 0 Å². The number of para-hydroxylation sites is 1. The van der Waals surface area contributed by atoms with E-state index in [0.29, 0.717) is 23.4 Å². The summed E-state index contributed by atoms with van der Waals surface area (Å²) in [6.45, 7) is 1.79. The molecular weight excluding hydrogens is 332 g/mol. The van der Waals surface area contributed by atoms with E-state index in [1.807, 2.05) is 24.3 Å². The van der Waals surface area contributed by atoms with Gasteiger partial charge >= 0.3 is 0 Å². The summed E-state index contributed by atoms with van der Waals surface area (Å²) in [5, 5.41) is 6.13. The van der Waals surface area contributed by atoms with Gasteiger partial charge in [0, 0.05) is 16.6 Å². The summed E-state index contributed by atoms with van der Waals surface area (Å²) in [7, 11) is 0. The summed E-state index contributed by atoms with van der Waals surface area (Å²) in [4.78, 5) is 20.8. The molecule has 1 amide bonds. The van der Waals surface area contributed by atoms with Crippen molar-refractivity contribution < 1.29 is 4.79 Å². The molecule has 2 N–H and O–H groups in total. The maximum absolute atomic E-state index is 12.3. The highest BCUT2D eigenvalue weighted by atomic mass is 79.9. The first kappa shape index (κ1) is 14.0. The highest BCUT2D eigenvalue weighted by Crippen LogP contribution is 2.25. The molecule has 1 heterocycles. The first-order valence-corrected chi connectivity index (χ1v) is 7.59. The first-order chi connectivity index (χ1) is 10.1. The Bertz CT molecular complexity index is 685. The van der Waals surface area contributed by atoms with Crippen LogP contribution in [-0.2, 0) is 0 Å². The number of anilines is 2. The zero-order valence-corrected chi connectivity index (χ0v) is 13.1. The third-order valence-corrected chi connectivity index (χ3v) is 3.81. The molecule has 0 radical (unpaired) electrons. The Kier molecular flexibility index (Phi) is 3.88. The van der Waals surface area contributed by atoms with Gasteiger partial charge in [0.2, 0.25) is 0 Å². The van der Waals surface area contributed by atoms with Gasteiger partial charge in [-0.1, -0.05) is 12.1 Å². The number of carbonyl (C=O) groups excluding carboxylic acids is 1. The van der Waals surface area contributed by atoms with Crippen molar-refractivity contribution in [2.75, 3.05) is 10.6 Å². The van der Waals surface area contributed by atoms with Crippen molar-refractivity contribution in [1.29, 1.82) is 0 Å². The molecule has 0 aliphatic heterocycles. The summed E-state index contributed by atoms with van der Waals surface area (Å²) in [5.41, 5.74) is 1.08. The Morgan fingerprint density at radius 2 is 2.05 bits per heavy atom. The van der Waals surface area contributed by atoms with Gasteiger partial charge < -0.3 is 10.6 Å². The smallest absolute Gasteiger partial charge is 0.274 e. The number of nitrogens with one attached hydrogen (secondary N) is 2. The second kappa shape index (κ2) is 5.81. The van der Waals surface area contributed by atoms with Crippen LogP contribution in [0.1, 0.15) is 29.2 Å². The Balaban J connectivity index is 1.80. The van der Waals surface area contributed by atoms with E-state index >= 15 is 0 Å². The molecule has 1 aromatic heterocycles. The van der Waals surface area contributed by atoms with Gasteiger partial charge in [-0.3, -0.25) is 4.79 Å². The molecule has 0 unspecified atom stereocenters. The lowest BCUT2D eigenvalue weighted by molar-refractivity contribution is 0.102. The van der Waals surface area contributed by atoms with Gasteiger partial charge in [0.1, 0.15) is 17.3 Å². The lowest BCUT2D eigenvalue weighted by atomic mass is 10.3. The Labute approximate surface area is 131 Å². The predicted molar refractivity (Wildman–Crippen MR) is 85.5 cm³/mol. The van der Waals surface area contributed by atoms with Crippen LogP contribution in [0.15, 0.2) is 34.8 Å². The minimum absolute atomic E-state index is 0.244. The highest BCUT2D eigenvalue weighted by Gasteiger charge is 2.22. The van der Waals surface area contributed by atoms with Crippen LogP contribution >= 0.6 is 15.9 Å². The molecule has 0 atom stereocenters. The fourth-order valence-electron chi connectivity index (χ4n) is 1.94. The molecule has 0 spiro atoms. The highest BCUT2D eigenvalue weighted by molar-refractivity contribution is 9.10. The molecule has 0 bridgehead atoms. The van der Waals surface area contributed by atoms with Crippen LogP contribution in [0.5, 0.6) is 0 Å². The van der Waals surface area contributed by atoms with Crippen molar-refractivity contribution in [3.63, 3.8) is 0 Å². The van der Waals surface area contributed by atoms with E-state index in [0.717, 1.165) is 23.0 Å². The molecule has 21 heavy (non-hydrogen) atoms. The molecule has 108 valence electrons. The molecule has 1 fully saturated rings. The minimum atomic E-state index is -0.244. The number of aryl methyl sites for hydroxylation is 1. The van der Waals surface area contributed by atoms with Gasteiger partial charge in [0.05, 0.1) is 5.69 Å². The number of aromatic nitrogens is 2. The molecule has 1 aliphatic carbocycles. The molecular formula is C15H15BrN4O. The Morgan fingerprint density at radius 3 is 2.76 bits per heavy atom. The topological polar surface area (TPSA) is 66.9 Å². The van der Waals surface area contributed by atoms with Gasteiger partial charge in [0.15, 0.2) is 0 Å². The monoisotopic (exact) mass is 346 g/mol. The van der Waals surface area contributed by atoms with Gasteiger partial charge in [-0.05, 0) is 47.8 Å². The van der Waals surface area contributed by atoms with Crippen molar-refractivity contribution in [3.8, 4) is 0 Å². The maximum atomic E-state index is 12.3. The number of hydrogen-bond donors (Lipinski definition) is 2. The van der Waals surface area contributed by atoms with Crippen LogP contribution in [0, 0.1) is 6.92 Å². The fourth-order valence-corrected chi connectivity index (χ4v) is 2.33. The first-order valence-electron chi connectivity index (χ1n) is 6.80. The largest absolute Gasteiger partial charge is 0.367 e. The summed E-state index contributed by atoms with van der Waals surface area (Å²) >= 11 is 3.41. The number of halogens is 1. The number of carbonyl (C=O) groups is 1. The number of benzene rings is 1. The van der Waals surface area contributed by atoms with E-state index in [2.05, 4.69) is 36.5 Å². The molecule has 1 aromatic carbocycles. The van der Waals surface area contributed by atoms with E-state index in [-0.39, 0.29) is 5.91 Å². The molecule has 5 nitrogen and oxygen atoms in total. The Hall–Kier alpha value is -1.95. The van der Waals surface area contributed by atoms with Crippen molar-refractivity contribution in [2.24, 2.45) is 0 Å². The van der Waals surface area contributed by atoms with E-state index < -0.39 is 0 Å². The summed E-state index contributed by atoms with van der Waals surface area (Å²) < 4.78 is 0.834. The zero-order chi connectivity index (χ0) is 14.8. The number of amides is 1. The fraction of sp³-hybridized carbons (Fsp3) is 0.267. The molecule has 0 saturated heterocycles. The third kappa shape index (κ3) is 3.58. The SMILES string of the molecule is Cc1nc(NC2CC2)cc(C(=O)Nc2ccccc2Br)n1. The van der Waals surface area contributed by atoms with Crippen molar-refractivity contribution >= 4 is 33.3 Å². The second-order valence-electron chi connectivity index (χ2n) is 5.04. The number of hydrogen-bond acceptors (Lipinski definition) is 4. The summed E-state index contributed by atoms with van der Waals surface area (Å²) in [6.07, 6.45) is 2.31. The number of nitrogens with zero attached hydrogens (tertiary/aromatic N) is 2. The van der Waals surface area contributed by atoms with Gasteiger partial charge in [0.25, 0.3) is 5.91 Å². The molecule has 1 saturated carbocycles. The molecule has 1 aliphatic rings. The standard InChI is InChI=1S/C15H15BrN4O/c1-9-17-13(8-14(18-9)19-10-6-7-10)15(21)20-12-5-3-2-4-11(12)16/h2-5,8,10H,6-7H2,1H3,(H,20,21)(H,17,18,19). The molecule has 6 heteroatoms. The lowest BCUT2D eigenvalue weighted by Gasteiger charge is -2.09. The molecule has 3 rings (SSSR count). The number of rotatable bonds is 4. The third-order valence-electron chi connectivity index (χ3n) is 3.12. The summed E-state index contributed by atoms with van der Waals surface area (Å²) in [6, 6.07) is 9.65. The average molecular weight is 347 g/mol. The van der Waals surface area contributed by atoms with Crippen LogP contribution in [0.4, 0.5) is 11.5 Å². The van der Waals surface area contributed by atoms with Gasteiger partial charge in [-0.25, -0.2) is 9.97 Å². The quantitative estimate of drug-likeness (QED) is 0.890. The van der Waals surface area contributed by atoms with E-state index in [4.69, 9.17) is 0 Å². The van der Waals surface area contributed by atoms with Gasteiger partial charge in [-0.2, -0.15) is 0 Å². The van der Waals surface area contributed by atoms with Gasteiger partial charge in [-0.15, -0.1) is 0 Å². The van der Waals surface area contributed by atoms with Crippen LogP contribution in [0.25, 0.3) is 0 Å². The predicted octanol–water partition coefficient (Wildman–Crippen LogP) is 3.37. The van der Waals surface area contributed by atoms with Crippen LogP contribution in [-0.4, -0.2) is 21.9 Å². The Morgan fingerprint density at radius 1 is 1.29 bits per heavy atom. The van der Waals surface area contributed by atoms with Crippen LogP contribution in [0.2, 0.25) is 0 Å². The second-order valence-corrected chi connectivity index (χ2v) is 5.89. The van der Waals surface area contributed by atoms with E-state index in [1.54, 1.807) is 13.0 Å². The van der Waals surface area contributed by atoms with Crippen molar-refractivity contribution in [2.45, 2.75) is 25.8 Å². The van der Waals surface area contributed by atoms with E-state index in [9.17, 15) is 4.79 Å². The summed E-state index contributed by atoms with van der Waals surface area (Å²) in [5.74, 6) is 1.05. The maximum Gasteiger partial charge on any atom is 0.274 e. The zero-order valence-electron chi connectivity index (χ0n) is 11.6. The molecule has 2 aromatic rings. The minimum Gasteiger partial charge on any atom is -0.367 e. The van der Waals surface area contributed by atoms with E-state index in [1.165, 1.54) is 0 Å². The van der Waals surface area contributed by atoms with Crippen LogP contribution < -0.4 is 10.6 Å². The average Bonchev–Trinajstić information content (AvgIpc) is 3.24. The lowest BCUT2D eigenvalue weighted by Crippen LogP contribution is -2.16. The van der Waals surface area contributed by atoms with Crippen molar-refractivity contribution in [1.82, 2.24) is 9.97 Å². The van der Waals surface area contributed by atoms with Crippen molar-refractivity contribution in [3.05, 3.63) is 46.3 Å². The normalized spacial score (nSPS) is 13.8.